The van der Waals surface area contributed by atoms with Crippen LogP contribution in [-0.2, 0) is 10.0 Å². The Bertz CT molecular complexity index is 949. The minimum atomic E-state index is -3.62. The van der Waals surface area contributed by atoms with Gasteiger partial charge in [0, 0.05) is 19.7 Å². The fraction of sp³-hybridized carbons (Fsp3) is 0.381. The van der Waals surface area contributed by atoms with Crippen LogP contribution in [0.5, 0.6) is 0 Å². The Morgan fingerprint density at radius 2 is 1.74 bits per heavy atom. The number of benzene rings is 2. The zero-order valence-corrected chi connectivity index (χ0v) is 17.0. The maximum absolute atomic E-state index is 13.0. The highest BCUT2D eigenvalue weighted by molar-refractivity contribution is 7.89. The van der Waals surface area contributed by atoms with E-state index in [1.54, 1.807) is 13.0 Å². The zero-order valence-electron chi connectivity index (χ0n) is 16.2. The van der Waals surface area contributed by atoms with Crippen molar-refractivity contribution in [3.63, 3.8) is 0 Å². The highest BCUT2D eigenvalue weighted by atomic mass is 32.2. The van der Waals surface area contributed by atoms with E-state index in [4.69, 9.17) is 0 Å². The Balaban J connectivity index is 1.94. The summed E-state index contributed by atoms with van der Waals surface area (Å²) in [6, 6.07) is 13.1. The molecule has 0 aliphatic heterocycles. The van der Waals surface area contributed by atoms with Crippen LogP contribution in [0.2, 0.25) is 0 Å². The summed E-state index contributed by atoms with van der Waals surface area (Å²) in [5.74, 6) is 0.196. The Morgan fingerprint density at radius 3 is 2.30 bits per heavy atom. The number of hydrogen-bond donors (Lipinski definition) is 1. The maximum Gasteiger partial charge on any atom is 0.251 e. The van der Waals surface area contributed by atoms with Gasteiger partial charge in [0.1, 0.15) is 0 Å². The van der Waals surface area contributed by atoms with Gasteiger partial charge < -0.3 is 5.32 Å². The van der Waals surface area contributed by atoms with Crippen LogP contribution in [0, 0.1) is 19.8 Å². The lowest BCUT2D eigenvalue weighted by molar-refractivity contribution is 0.0931. The largest absolute Gasteiger partial charge is 0.345 e. The molecule has 1 saturated carbocycles. The minimum absolute atomic E-state index is 0.0470. The van der Waals surface area contributed by atoms with Gasteiger partial charge in [-0.2, -0.15) is 0 Å². The fourth-order valence-corrected chi connectivity index (χ4v) is 4.43. The normalized spacial score (nSPS) is 15.6. The molecule has 0 heterocycles. The summed E-state index contributed by atoms with van der Waals surface area (Å²) in [6.45, 7) is 3.60. The van der Waals surface area contributed by atoms with E-state index < -0.39 is 10.0 Å². The summed E-state index contributed by atoms with van der Waals surface area (Å²) in [4.78, 5) is 13.1. The number of amides is 1. The highest BCUT2D eigenvalue weighted by Gasteiger charge is 2.34. The van der Waals surface area contributed by atoms with Gasteiger partial charge in [0.15, 0.2) is 0 Å². The Hall–Kier alpha value is -2.18. The number of nitrogens with one attached hydrogen (secondary N) is 1. The molecule has 2 aromatic carbocycles. The average Bonchev–Trinajstić information content (AvgIpc) is 3.47. The molecule has 1 N–H and O–H groups in total. The molecule has 0 saturated heterocycles. The molecule has 1 aliphatic carbocycles. The number of carbonyl (C=O) groups is 1. The first-order chi connectivity index (χ1) is 12.7. The van der Waals surface area contributed by atoms with Crippen molar-refractivity contribution in [3.8, 4) is 0 Å². The predicted octanol–water partition coefficient (Wildman–Crippen LogP) is 3.43. The molecular weight excluding hydrogens is 360 g/mol. The van der Waals surface area contributed by atoms with Crippen molar-refractivity contribution < 1.29 is 13.2 Å². The molecule has 3 rings (SSSR count). The molecule has 1 aliphatic rings. The lowest BCUT2D eigenvalue weighted by atomic mass is 10.0. The Labute approximate surface area is 161 Å². The molecule has 144 valence electrons. The van der Waals surface area contributed by atoms with Crippen molar-refractivity contribution in [1.82, 2.24) is 9.62 Å². The topological polar surface area (TPSA) is 66.5 Å². The summed E-state index contributed by atoms with van der Waals surface area (Å²) in [7, 11) is -0.627. The van der Waals surface area contributed by atoms with Gasteiger partial charge in [-0.15, -0.1) is 0 Å². The molecule has 0 radical (unpaired) electrons. The minimum Gasteiger partial charge on any atom is -0.345 e. The second kappa shape index (κ2) is 7.44. The van der Waals surface area contributed by atoms with E-state index in [-0.39, 0.29) is 16.8 Å². The van der Waals surface area contributed by atoms with Crippen molar-refractivity contribution in [2.45, 2.75) is 37.6 Å². The number of carbonyl (C=O) groups excluding carboxylic acids is 1. The van der Waals surface area contributed by atoms with Crippen molar-refractivity contribution in [3.05, 3.63) is 64.7 Å². The van der Waals surface area contributed by atoms with Crippen molar-refractivity contribution in [1.29, 1.82) is 0 Å². The van der Waals surface area contributed by atoms with Crippen LogP contribution in [0.15, 0.2) is 47.4 Å². The molecule has 0 unspecified atom stereocenters. The van der Waals surface area contributed by atoms with Gasteiger partial charge in [-0.25, -0.2) is 12.7 Å². The summed E-state index contributed by atoms with van der Waals surface area (Å²) >= 11 is 0. The number of hydrogen-bond acceptors (Lipinski definition) is 3. The van der Waals surface area contributed by atoms with E-state index in [1.807, 2.05) is 37.3 Å². The number of rotatable bonds is 6. The molecule has 1 fully saturated rings. The first-order valence-electron chi connectivity index (χ1n) is 9.11. The van der Waals surface area contributed by atoms with Crippen molar-refractivity contribution in [2.24, 2.45) is 5.92 Å². The van der Waals surface area contributed by atoms with Crippen LogP contribution in [0.25, 0.3) is 0 Å². The van der Waals surface area contributed by atoms with Crippen molar-refractivity contribution in [2.75, 3.05) is 14.1 Å². The molecule has 0 aromatic heterocycles. The number of aryl methyl sites for hydroxylation is 1. The quantitative estimate of drug-likeness (QED) is 0.827. The van der Waals surface area contributed by atoms with Gasteiger partial charge >= 0.3 is 0 Å². The zero-order chi connectivity index (χ0) is 19.8. The number of nitrogens with zero attached hydrogens (tertiary/aromatic N) is 1. The van der Waals surface area contributed by atoms with E-state index >= 15 is 0 Å². The predicted molar refractivity (Wildman–Crippen MR) is 106 cm³/mol. The van der Waals surface area contributed by atoms with Crippen LogP contribution in [-0.4, -0.2) is 32.7 Å². The van der Waals surface area contributed by atoms with Gasteiger partial charge in [0.25, 0.3) is 5.91 Å². The van der Waals surface area contributed by atoms with Crippen LogP contribution < -0.4 is 5.32 Å². The molecule has 0 spiro atoms. The van der Waals surface area contributed by atoms with Gasteiger partial charge in [-0.3, -0.25) is 4.79 Å². The van der Waals surface area contributed by atoms with Crippen LogP contribution >= 0.6 is 0 Å². The fourth-order valence-electron chi connectivity index (χ4n) is 3.21. The molecule has 5 nitrogen and oxygen atoms in total. The monoisotopic (exact) mass is 386 g/mol. The van der Waals surface area contributed by atoms with Crippen LogP contribution in [0.3, 0.4) is 0 Å². The number of sulfonamides is 1. The Morgan fingerprint density at radius 1 is 1.11 bits per heavy atom. The summed E-state index contributed by atoms with van der Waals surface area (Å²) in [5, 5.41) is 3.12. The summed E-state index contributed by atoms with van der Waals surface area (Å²) < 4.78 is 26.4. The SMILES string of the molecule is Cc1cc(C(=O)N[C@H](c2ccccc2)C2CC2)cc(S(=O)(=O)N(C)C)c1C. The van der Waals surface area contributed by atoms with Gasteiger partial charge in [0.05, 0.1) is 10.9 Å². The third-order valence-electron chi connectivity index (χ3n) is 5.18. The molecule has 0 bridgehead atoms. The van der Waals surface area contributed by atoms with E-state index in [0.29, 0.717) is 17.0 Å². The Kier molecular flexibility index (Phi) is 5.40. The molecular formula is C21H26N2O3S. The third-order valence-corrected chi connectivity index (χ3v) is 7.12. The average molecular weight is 387 g/mol. The van der Waals surface area contributed by atoms with Crippen LogP contribution in [0.1, 0.15) is 45.9 Å². The van der Waals surface area contributed by atoms with Gasteiger partial charge in [-0.1, -0.05) is 30.3 Å². The first-order valence-corrected chi connectivity index (χ1v) is 10.6. The standard InChI is InChI=1S/C21H26N2O3S/c1-14-12-18(13-19(15(14)2)27(25,26)23(3)4)21(24)22-20(17-10-11-17)16-8-6-5-7-9-16/h5-9,12-13,17,20H,10-11H2,1-4H3,(H,22,24)/t20-/m1/s1. The van der Waals surface area contributed by atoms with Crippen molar-refractivity contribution >= 4 is 15.9 Å². The third kappa shape index (κ3) is 4.06. The lowest BCUT2D eigenvalue weighted by Gasteiger charge is -2.20. The molecule has 6 heteroatoms. The van der Waals surface area contributed by atoms with Gasteiger partial charge in [-0.05, 0) is 61.4 Å². The maximum atomic E-state index is 13.0. The smallest absolute Gasteiger partial charge is 0.251 e. The first kappa shape index (κ1) is 19.6. The molecule has 27 heavy (non-hydrogen) atoms. The molecule has 1 amide bonds. The van der Waals surface area contributed by atoms with E-state index in [2.05, 4.69) is 5.32 Å². The molecule has 2 aromatic rings. The van der Waals surface area contributed by atoms with E-state index in [1.165, 1.54) is 24.5 Å². The second-order valence-corrected chi connectivity index (χ2v) is 9.52. The van der Waals surface area contributed by atoms with Gasteiger partial charge in [0.2, 0.25) is 10.0 Å². The molecule has 1 atom stereocenters. The summed E-state index contributed by atoms with van der Waals surface area (Å²) in [6.07, 6.45) is 2.18. The van der Waals surface area contributed by atoms with E-state index in [9.17, 15) is 13.2 Å². The highest BCUT2D eigenvalue weighted by Crippen LogP contribution is 2.41. The second-order valence-electron chi connectivity index (χ2n) is 7.40. The van der Waals surface area contributed by atoms with Crippen LogP contribution in [0.4, 0.5) is 0 Å². The lowest BCUT2D eigenvalue weighted by Crippen LogP contribution is -2.30. The van der Waals surface area contributed by atoms with E-state index in [0.717, 1.165) is 24.0 Å². The summed E-state index contributed by atoms with van der Waals surface area (Å²) in [5.41, 5.74) is 2.91.